The van der Waals surface area contributed by atoms with Crippen LogP contribution in [-0.2, 0) is 9.59 Å². The quantitative estimate of drug-likeness (QED) is 0.850. The van der Waals surface area contributed by atoms with Gasteiger partial charge in [0.15, 0.2) is 0 Å². The molecule has 0 spiro atoms. The summed E-state index contributed by atoms with van der Waals surface area (Å²) >= 11 is 0. The van der Waals surface area contributed by atoms with Gasteiger partial charge in [-0.1, -0.05) is 0 Å². The van der Waals surface area contributed by atoms with Crippen molar-refractivity contribution in [2.45, 2.75) is 12.8 Å². The van der Waals surface area contributed by atoms with Crippen LogP contribution in [0.1, 0.15) is 12.8 Å². The summed E-state index contributed by atoms with van der Waals surface area (Å²) in [6, 6.07) is 1.66. The number of nitrogens with zero attached hydrogens (tertiary/aromatic N) is 2. The summed E-state index contributed by atoms with van der Waals surface area (Å²) < 4.78 is 5.10. The molecule has 0 aromatic carbocycles. The van der Waals surface area contributed by atoms with Gasteiger partial charge >= 0.3 is 0 Å². The molecule has 6 nitrogen and oxygen atoms in total. The van der Waals surface area contributed by atoms with Gasteiger partial charge in [0, 0.05) is 25.2 Å². The van der Waals surface area contributed by atoms with E-state index < -0.39 is 0 Å². The SMILES string of the molecule is COc1ccncc1NC(=O)CN1CCCC1=O. The van der Waals surface area contributed by atoms with Crippen LogP contribution in [0.4, 0.5) is 5.69 Å². The van der Waals surface area contributed by atoms with Crippen LogP contribution in [0, 0.1) is 0 Å². The fourth-order valence-electron chi connectivity index (χ4n) is 1.89. The van der Waals surface area contributed by atoms with Gasteiger partial charge in [0.25, 0.3) is 0 Å². The van der Waals surface area contributed by atoms with Crippen LogP contribution in [0.3, 0.4) is 0 Å². The Hall–Kier alpha value is -2.11. The molecule has 2 amide bonds. The minimum atomic E-state index is -0.239. The standard InChI is InChI=1S/C12H15N3O3/c1-18-10-4-5-13-7-9(10)14-11(16)8-15-6-2-3-12(15)17/h4-5,7H,2-3,6,8H2,1H3,(H,14,16). The number of pyridine rings is 1. The lowest BCUT2D eigenvalue weighted by Crippen LogP contribution is -2.34. The minimum absolute atomic E-state index is 0.0308. The highest BCUT2D eigenvalue weighted by Crippen LogP contribution is 2.21. The summed E-state index contributed by atoms with van der Waals surface area (Å²) in [4.78, 5) is 28.7. The highest BCUT2D eigenvalue weighted by molar-refractivity contribution is 5.95. The average Bonchev–Trinajstić information content (AvgIpc) is 2.75. The van der Waals surface area contributed by atoms with Gasteiger partial charge < -0.3 is 15.0 Å². The number of nitrogens with one attached hydrogen (secondary N) is 1. The van der Waals surface area contributed by atoms with E-state index in [0.717, 1.165) is 6.42 Å². The van der Waals surface area contributed by atoms with Crippen molar-refractivity contribution in [2.75, 3.05) is 25.5 Å². The molecule has 0 atom stereocenters. The number of aromatic nitrogens is 1. The van der Waals surface area contributed by atoms with Crippen LogP contribution in [0.25, 0.3) is 0 Å². The third kappa shape index (κ3) is 2.77. The highest BCUT2D eigenvalue weighted by Gasteiger charge is 2.22. The van der Waals surface area contributed by atoms with Crippen LogP contribution in [-0.4, -0.2) is 41.9 Å². The summed E-state index contributed by atoms with van der Waals surface area (Å²) in [6.45, 7) is 0.729. The Kier molecular flexibility index (Phi) is 3.76. The Balaban J connectivity index is 1.96. The maximum absolute atomic E-state index is 11.8. The molecule has 1 fully saturated rings. The second-order valence-electron chi connectivity index (χ2n) is 4.04. The highest BCUT2D eigenvalue weighted by atomic mass is 16.5. The molecule has 0 radical (unpaired) electrons. The molecule has 1 N–H and O–H groups in total. The number of hydrogen-bond acceptors (Lipinski definition) is 4. The third-order valence-electron chi connectivity index (χ3n) is 2.78. The molecule has 18 heavy (non-hydrogen) atoms. The van der Waals surface area contributed by atoms with Gasteiger partial charge in [-0.15, -0.1) is 0 Å². The van der Waals surface area contributed by atoms with E-state index in [2.05, 4.69) is 10.3 Å². The number of anilines is 1. The number of ether oxygens (including phenoxy) is 1. The number of methoxy groups -OCH3 is 1. The van der Waals surface area contributed by atoms with Crippen molar-refractivity contribution in [1.82, 2.24) is 9.88 Å². The predicted octanol–water partition coefficient (Wildman–Crippen LogP) is 0.651. The van der Waals surface area contributed by atoms with Gasteiger partial charge in [0.05, 0.1) is 19.9 Å². The Morgan fingerprint density at radius 2 is 2.44 bits per heavy atom. The van der Waals surface area contributed by atoms with Crippen LogP contribution in [0.15, 0.2) is 18.5 Å². The van der Waals surface area contributed by atoms with E-state index in [4.69, 9.17) is 4.74 Å². The number of hydrogen-bond donors (Lipinski definition) is 1. The Morgan fingerprint density at radius 3 is 3.11 bits per heavy atom. The van der Waals surface area contributed by atoms with Crippen molar-refractivity contribution in [3.63, 3.8) is 0 Å². The van der Waals surface area contributed by atoms with Gasteiger partial charge in [0.1, 0.15) is 11.4 Å². The zero-order chi connectivity index (χ0) is 13.0. The van der Waals surface area contributed by atoms with Crippen molar-refractivity contribution in [3.8, 4) is 5.75 Å². The number of carbonyl (C=O) groups is 2. The summed E-state index contributed by atoms with van der Waals surface area (Å²) in [6.07, 6.45) is 4.45. The van der Waals surface area contributed by atoms with E-state index in [-0.39, 0.29) is 18.4 Å². The van der Waals surface area contributed by atoms with Crippen LogP contribution in [0.2, 0.25) is 0 Å². The monoisotopic (exact) mass is 249 g/mol. The second-order valence-corrected chi connectivity index (χ2v) is 4.04. The van der Waals surface area contributed by atoms with Crippen LogP contribution in [0.5, 0.6) is 5.75 Å². The van der Waals surface area contributed by atoms with E-state index in [1.165, 1.54) is 13.3 Å². The Morgan fingerprint density at radius 1 is 1.61 bits per heavy atom. The number of rotatable bonds is 4. The van der Waals surface area contributed by atoms with Crippen molar-refractivity contribution in [2.24, 2.45) is 0 Å². The molecule has 1 saturated heterocycles. The first kappa shape index (κ1) is 12.3. The molecule has 2 rings (SSSR count). The van der Waals surface area contributed by atoms with E-state index in [1.54, 1.807) is 17.2 Å². The van der Waals surface area contributed by atoms with E-state index in [1.807, 2.05) is 0 Å². The number of carbonyl (C=O) groups excluding carboxylic acids is 2. The maximum Gasteiger partial charge on any atom is 0.244 e. The molecule has 0 bridgehead atoms. The molecule has 2 heterocycles. The smallest absolute Gasteiger partial charge is 0.244 e. The first-order valence-electron chi connectivity index (χ1n) is 5.76. The molecule has 1 aliphatic rings. The first-order chi connectivity index (χ1) is 8.70. The molecule has 1 aromatic rings. The van der Waals surface area contributed by atoms with Gasteiger partial charge in [-0.2, -0.15) is 0 Å². The molecule has 0 aliphatic carbocycles. The first-order valence-corrected chi connectivity index (χ1v) is 5.76. The van der Waals surface area contributed by atoms with Crippen LogP contribution >= 0.6 is 0 Å². The largest absolute Gasteiger partial charge is 0.494 e. The summed E-state index contributed by atoms with van der Waals surface area (Å²) in [5, 5.41) is 2.69. The zero-order valence-corrected chi connectivity index (χ0v) is 10.2. The summed E-state index contributed by atoms with van der Waals surface area (Å²) in [7, 11) is 1.52. The average molecular weight is 249 g/mol. The molecule has 1 aromatic heterocycles. The minimum Gasteiger partial charge on any atom is -0.494 e. The lowest BCUT2D eigenvalue weighted by molar-refractivity contribution is -0.131. The molecular weight excluding hydrogens is 234 g/mol. The summed E-state index contributed by atoms with van der Waals surface area (Å²) in [5.74, 6) is 0.339. The topological polar surface area (TPSA) is 71.5 Å². The molecule has 96 valence electrons. The van der Waals surface area contributed by atoms with Crippen molar-refractivity contribution < 1.29 is 14.3 Å². The molecular formula is C12H15N3O3. The van der Waals surface area contributed by atoms with E-state index >= 15 is 0 Å². The fourth-order valence-corrected chi connectivity index (χ4v) is 1.89. The Labute approximate surface area is 105 Å². The Bertz CT molecular complexity index is 462. The molecule has 0 saturated carbocycles. The molecule has 6 heteroatoms. The van der Waals surface area contributed by atoms with Crippen molar-refractivity contribution in [3.05, 3.63) is 18.5 Å². The zero-order valence-electron chi connectivity index (χ0n) is 10.2. The molecule has 1 aliphatic heterocycles. The van der Waals surface area contributed by atoms with Gasteiger partial charge in [0.2, 0.25) is 11.8 Å². The summed E-state index contributed by atoms with van der Waals surface area (Å²) in [5.41, 5.74) is 0.511. The van der Waals surface area contributed by atoms with E-state index in [0.29, 0.717) is 24.4 Å². The van der Waals surface area contributed by atoms with Gasteiger partial charge in [-0.3, -0.25) is 14.6 Å². The van der Waals surface area contributed by atoms with Crippen molar-refractivity contribution in [1.29, 1.82) is 0 Å². The van der Waals surface area contributed by atoms with Gasteiger partial charge in [-0.05, 0) is 6.42 Å². The normalized spacial score (nSPS) is 14.7. The second kappa shape index (κ2) is 5.48. The lowest BCUT2D eigenvalue weighted by Gasteiger charge is -2.15. The van der Waals surface area contributed by atoms with Gasteiger partial charge in [-0.25, -0.2) is 0 Å². The fraction of sp³-hybridized carbons (Fsp3) is 0.417. The number of amides is 2. The maximum atomic E-state index is 11.8. The predicted molar refractivity (Wildman–Crippen MR) is 65.2 cm³/mol. The molecule has 0 unspecified atom stereocenters. The lowest BCUT2D eigenvalue weighted by atomic mass is 10.3. The number of likely N-dealkylation sites (tertiary alicyclic amines) is 1. The van der Waals surface area contributed by atoms with Crippen LogP contribution < -0.4 is 10.1 Å². The third-order valence-corrected chi connectivity index (χ3v) is 2.78. The van der Waals surface area contributed by atoms with Crippen molar-refractivity contribution >= 4 is 17.5 Å². The van der Waals surface area contributed by atoms with E-state index in [9.17, 15) is 9.59 Å².